The largest absolute Gasteiger partial charge is 0.421 e. The van der Waals surface area contributed by atoms with Crippen molar-refractivity contribution in [3.63, 3.8) is 0 Å². The minimum Gasteiger partial charge on any atom is -0.421 e. The van der Waals surface area contributed by atoms with Gasteiger partial charge in [-0.05, 0) is 19.1 Å². The fraction of sp³-hybridized carbons (Fsp3) is 0.273. The van der Waals surface area contributed by atoms with Crippen molar-refractivity contribution < 1.29 is 4.42 Å². The van der Waals surface area contributed by atoms with Crippen molar-refractivity contribution in [2.75, 3.05) is 5.73 Å². The molecule has 0 aliphatic heterocycles. The summed E-state index contributed by atoms with van der Waals surface area (Å²) in [7, 11) is 0. The maximum atomic E-state index is 5.84. The molecule has 0 fully saturated rings. The van der Waals surface area contributed by atoms with Crippen molar-refractivity contribution in [2.45, 2.75) is 20.3 Å². The molecule has 15 heavy (non-hydrogen) atoms. The second-order valence-corrected chi connectivity index (χ2v) is 3.45. The van der Waals surface area contributed by atoms with Gasteiger partial charge in [0.25, 0.3) is 0 Å². The van der Waals surface area contributed by atoms with Crippen LogP contribution in [0.4, 0.5) is 5.69 Å². The average Bonchev–Trinajstić information content (AvgIpc) is 2.70. The van der Waals surface area contributed by atoms with E-state index in [0.29, 0.717) is 17.5 Å². The van der Waals surface area contributed by atoms with E-state index in [9.17, 15) is 0 Å². The summed E-state index contributed by atoms with van der Waals surface area (Å²) in [4.78, 5) is 0. The van der Waals surface area contributed by atoms with Crippen LogP contribution < -0.4 is 5.73 Å². The van der Waals surface area contributed by atoms with Gasteiger partial charge in [-0.3, -0.25) is 0 Å². The van der Waals surface area contributed by atoms with Crippen molar-refractivity contribution in [1.29, 1.82) is 0 Å². The van der Waals surface area contributed by atoms with Crippen molar-refractivity contribution in [3.8, 4) is 11.5 Å². The molecule has 2 N–H and O–H groups in total. The Bertz CT molecular complexity index is 476. The summed E-state index contributed by atoms with van der Waals surface area (Å²) in [5.41, 5.74) is 8.43. The van der Waals surface area contributed by atoms with E-state index in [1.807, 2.05) is 32.0 Å². The molecule has 78 valence electrons. The zero-order valence-corrected chi connectivity index (χ0v) is 8.82. The Morgan fingerprint density at radius 3 is 2.80 bits per heavy atom. The summed E-state index contributed by atoms with van der Waals surface area (Å²) in [6.45, 7) is 3.97. The first kappa shape index (κ1) is 9.71. The maximum absolute atomic E-state index is 5.84. The van der Waals surface area contributed by atoms with Crippen molar-refractivity contribution in [3.05, 3.63) is 29.7 Å². The highest BCUT2D eigenvalue weighted by molar-refractivity contribution is 5.70. The lowest BCUT2D eigenvalue weighted by molar-refractivity contribution is 0.513. The lowest BCUT2D eigenvalue weighted by Crippen LogP contribution is -1.90. The van der Waals surface area contributed by atoms with Crippen LogP contribution in [0.25, 0.3) is 11.5 Å². The molecule has 4 nitrogen and oxygen atoms in total. The molecule has 2 aromatic rings. The Morgan fingerprint density at radius 2 is 2.13 bits per heavy atom. The summed E-state index contributed by atoms with van der Waals surface area (Å²) in [6.07, 6.45) is 0.735. The minimum absolute atomic E-state index is 0.494. The Hall–Kier alpha value is -1.84. The third-order valence-corrected chi connectivity index (χ3v) is 2.21. The molecule has 0 aliphatic rings. The molecule has 1 aromatic carbocycles. The number of benzene rings is 1. The normalized spacial score (nSPS) is 10.5. The molecular formula is C11H13N3O. The molecule has 0 amide bonds. The van der Waals surface area contributed by atoms with Gasteiger partial charge >= 0.3 is 0 Å². The SMILES string of the molecule is CCc1nnc(-c2cc(C)ccc2N)o1. The second kappa shape index (κ2) is 3.73. The van der Waals surface area contributed by atoms with E-state index in [2.05, 4.69) is 10.2 Å². The number of aryl methyl sites for hydroxylation is 2. The van der Waals surface area contributed by atoms with Crippen molar-refractivity contribution in [1.82, 2.24) is 10.2 Å². The van der Waals surface area contributed by atoms with Gasteiger partial charge in [0.1, 0.15) is 0 Å². The van der Waals surface area contributed by atoms with Gasteiger partial charge in [0, 0.05) is 12.1 Å². The van der Waals surface area contributed by atoms with Crippen LogP contribution >= 0.6 is 0 Å². The second-order valence-electron chi connectivity index (χ2n) is 3.45. The zero-order valence-electron chi connectivity index (χ0n) is 8.82. The first-order chi connectivity index (χ1) is 7.20. The Kier molecular flexibility index (Phi) is 2.41. The highest BCUT2D eigenvalue weighted by atomic mass is 16.4. The summed E-state index contributed by atoms with van der Waals surface area (Å²) < 4.78 is 5.45. The number of hydrogen-bond acceptors (Lipinski definition) is 4. The molecule has 4 heteroatoms. The van der Waals surface area contributed by atoms with Gasteiger partial charge in [-0.15, -0.1) is 10.2 Å². The van der Waals surface area contributed by atoms with Crippen LogP contribution in [-0.4, -0.2) is 10.2 Å². The van der Waals surface area contributed by atoms with Gasteiger partial charge in [-0.1, -0.05) is 18.6 Å². The molecule has 0 saturated carbocycles. The van der Waals surface area contributed by atoms with E-state index in [4.69, 9.17) is 10.2 Å². The molecule has 0 unspecified atom stereocenters. The fourth-order valence-corrected chi connectivity index (χ4v) is 1.36. The van der Waals surface area contributed by atoms with E-state index in [1.54, 1.807) is 0 Å². The molecular weight excluding hydrogens is 190 g/mol. The van der Waals surface area contributed by atoms with Crippen molar-refractivity contribution >= 4 is 5.69 Å². The predicted octanol–water partition coefficient (Wildman–Crippen LogP) is 2.19. The van der Waals surface area contributed by atoms with Crippen LogP contribution in [0.5, 0.6) is 0 Å². The predicted molar refractivity (Wildman–Crippen MR) is 58.3 cm³/mol. The number of anilines is 1. The topological polar surface area (TPSA) is 64.9 Å². The number of nitrogens with zero attached hydrogens (tertiary/aromatic N) is 2. The van der Waals surface area contributed by atoms with Gasteiger partial charge in [-0.25, -0.2) is 0 Å². The third kappa shape index (κ3) is 1.83. The maximum Gasteiger partial charge on any atom is 0.249 e. The van der Waals surface area contributed by atoms with Crippen LogP contribution in [0.15, 0.2) is 22.6 Å². The molecule has 1 aromatic heterocycles. The lowest BCUT2D eigenvalue weighted by atomic mass is 10.1. The van der Waals surface area contributed by atoms with E-state index < -0.39 is 0 Å². The summed E-state index contributed by atoms with van der Waals surface area (Å²) >= 11 is 0. The first-order valence-electron chi connectivity index (χ1n) is 4.89. The molecule has 0 atom stereocenters. The molecule has 0 spiro atoms. The molecule has 0 radical (unpaired) electrons. The summed E-state index contributed by atoms with van der Waals surface area (Å²) in [5.74, 6) is 1.12. The molecule has 2 rings (SSSR count). The molecule has 0 aliphatic carbocycles. The number of rotatable bonds is 2. The molecule has 0 bridgehead atoms. The zero-order chi connectivity index (χ0) is 10.8. The van der Waals surface area contributed by atoms with Crippen LogP contribution in [-0.2, 0) is 6.42 Å². The Morgan fingerprint density at radius 1 is 1.33 bits per heavy atom. The number of nitrogen functional groups attached to an aromatic ring is 1. The van der Waals surface area contributed by atoms with E-state index in [1.165, 1.54) is 0 Å². The lowest BCUT2D eigenvalue weighted by Gasteiger charge is -2.01. The fourth-order valence-electron chi connectivity index (χ4n) is 1.36. The molecule has 0 saturated heterocycles. The number of hydrogen-bond donors (Lipinski definition) is 1. The van der Waals surface area contributed by atoms with E-state index in [0.717, 1.165) is 17.5 Å². The average molecular weight is 203 g/mol. The smallest absolute Gasteiger partial charge is 0.249 e. The first-order valence-corrected chi connectivity index (χ1v) is 4.89. The molecule has 1 heterocycles. The highest BCUT2D eigenvalue weighted by Crippen LogP contribution is 2.25. The van der Waals surface area contributed by atoms with Crippen LogP contribution in [0.2, 0.25) is 0 Å². The van der Waals surface area contributed by atoms with Gasteiger partial charge in [-0.2, -0.15) is 0 Å². The highest BCUT2D eigenvalue weighted by Gasteiger charge is 2.10. The summed E-state index contributed by atoms with van der Waals surface area (Å²) in [5, 5.41) is 7.87. The Balaban J connectivity index is 2.48. The van der Waals surface area contributed by atoms with Gasteiger partial charge in [0.15, 0.2) is 0 Å². The summed E-state index contributed by atoms with van der Waals surface area (Å²) in [6, 6.07) is 5.75. The minimum atomic E-state index is 0.494. The Labute approximate surface area is 88.1 Å². The van der Waals surface area contributed by atoms with Crippen LogP contribution in [0.3, 0.4) is 0 Å². The van der Waals surface area contributed by atoms with Crippen LogP contribution in [0.1, 0.15) is 18.4 Å². The van der Waals surface area contributed by atoms with Gasteiger partial charge in [0.2, 0.25) is 11.8 Å². The van der Waals surface area contributed by atoms with Gasteiger partial charge in [0.05, 0.1) is 5.56 Å². The number of aromatic nitrogens is 2. The monoisotopic (exact) mass is 203 g/mol. The standard InChI is InChI=1S/C11H13N3O/c1-3-10-13-14-11(15-10)8-6-7(2)4-5-9(8)12/h4-6H,3,12H2,1-2H3. The van der Waals surface area contributed by atoms with E-state index in [-0.39, 0.29) is 0 Å². The van der Waals surface area contributed by atoms with Gasteiger partial charge < -0.3 is 10.2 Å². The van der Waals surface area contributed by atoms with Crippen molar-refractivity contribution in [2.24, 2.45) is 0 Å². The third-order valence-electron chi connectivity index (χ3n) is 2.21. The number of nitrogens with two attached hydrogens (primary N) is 1. The van der Waals surface area contributed by atoms with Crippen LogP contribution in [0, 0.1) is 6.92 Å². The van der Waals surface area contributed by atoms with E-state index >= 15 is 0 Å². The quantitative estimate of drug-likeness (QED) is 0.760.